The van der Waals surface area contributed by atoms with Crippen LogP contribution >= 0.6 is 0 Å². The molecule has 1 aliphatic rings. The van der Waals surface area contributed by atoms with Gasteiger partial charge >= 0.3 is 0 Å². The first-order chi connectivity index (χ1) is 6.02. The van der Waals surface area contributed by atoms with Gasteiger partial charge in [0.1, 0.15) is 0 Å². The van der Waals surface area contributed by atoms with Gasteiger partial charge < -0.3 is 5.32 Å². The van der Waals surface area contributed by atoms with Crippen LogP contribution in [0.15, 0.2) is 0 Å². The van der Waals surface area contributed by atoms with Crippen LogP contribution < -0.4 is 10.0 Å². The molecule has 1 rings (SSSR count). The quantitative estimate of drug-likeness (QED) is 0.630. The zero-order valence-corrected chi connectivity index (χ0v) is 8.89. The average molecular weight is 207 g/mol. The highest BCUT2D eigenvalue weighted by atomic mass is 32.2. The third kappa shape index (κ3) is 3.22. The van der Waals surface area contributed by atoms with Crippen LogP contribution in [-0.2, 0) is 10.2 Å². The Labute approximate surface area is 79.7 Å². The van der Waals surface area contributed by atoms with E-state index in [9.17, 15) is 8.42 Å². The van der Waals surface area contributed by atoms with Crippen LogP contribution in [0.1, 0.15) is 12.8 Å². The minimum absolute atomic E-state index is 0.301. The van der Waals surface area contributed by atoms with Crippen molar-refractivity contribution in [1.82, 2.24) is 14.3 Å². The molecule has 6 heteroatoms. The number of hydrogen-bond donors (Lipinski definition) is 2. The second kappa shape index (κ2) is 4.36. The van der Waals surface area contributed by atoms with Crippen LogP contribution in [-0.4, -0.2) is 45.9 Å². The molecule has 0 aromatic rings. The number of nitrogens with zero attached hydrogens (tertiary/aromatic N) is 1. The molecule has 1 fully saturated rings. The molecule has 1 atom stereocenters. The van der Waals surface area contributed by atoms with Crippen LogP contribution in [0.2, 0.25) is 0 Å². The fourth-order valence-electron chi connectivity index (χ4n) is 1.27. The monoisotopic (exact) mass is 207 g/mol. The first kappa shape index (κ1) is 10.9. The van der Waals surface area contributed by atoms with E-state index in [4.69, 9.17) is 0 Å². The molecule has 0 spiro atoms. The minimum Gasteiger partial charge on any atom is -0.313 e. The number of hydrogen-bond acceptors (Lipinski definition) is 3. The van der Waals surface area contributed by atoms with E-state index >= 15 is 0 Å². The summed E-state index contributed by atoms with van der Waals surface area (Å²) in [4.78, 5) is 0. The summed E-state index contributed by atoms with van der Waals surface area (Å²) in [7, 11) is -0.206. The summed E-state index contributed by atoms with van der Waals surface area (Å²) in [5.74, 6) is 0. The second-order valence-corrected chi connectivity index (χ2v) is 5.40. The van der Waals surface area contributed by atoms with Gasteiger partial charge in [-0.2, -0.15) is 12.7 Å². The minimum atomic E-state index is -3.24. The summed E-state index contributed by atoms with van der Waals surface area (Å²) in [5.41, 5.74) is 0. The Balaban J connectivity index is 2.33. The summed E-state index contributed by atoms with van der Waals surface area (Å²) in [5, 5.41) is 3.22. The number of rotatable bonds is 4. The molecule has 13 heavy (non-hydrogen) atoms. The highest BCUT2D eigenvalue weighted by Gasteiger charge is 2.18. The molecule has 0 amide bonds. The van der Waals surface area contributed by atoms with Gasteiger partial charge in [0.05, 0.1) is 0 Å². The molecule has 2 N–H and O–H groups in total. The molecule has 0 radical (unpaired) electrons. The van der Waals surface area contributed by atoms with Crippen molar-refractivity contribution in [2.24, 2.45) is 0 Å². The van der Waals surface area contributed by atoms with E-state index in [0.717, 1.165) is 19.4 Å². The summed E-state index contributed by atoms with van der Waals surface area (Å²) in [6.07, 6.45) is 2.18. The fraction of sp³-hybridized carbons (Fsp3) is 1.00. The summed E-state index contributed by atoms with van der Waals surface area (Å²) >= 11 is 0. The highest BCUT2D eigenvalue weighted by Crippen LogP contribution is 2.03. The maximum atomic E-state index is 11.3. The van der Waals surface area contributed by atoms with Crippen molar-refractivity contribution in [3.8, 4) is 0 Å². The van der Waals surface area contributed by atoms with Crippen molar-refractivity contribution in [3.05, 3.63) is 0 Å². The predicted octanol–water partition coefficient (Wildman–Crippen LogP) is -0.866. The second-order valence-electron chi connectivity index (χ2n) is 3.43. The van der Waals surface area contributed by atoms with Crippen molar-refractivity contribution in [3.63, 3.8) is 0 Å². The third-order valence-electron chi connectivity index (χ3n) is 2.16. The first-order valence-electron chi connectivity index (χ1n) is 4.43. The standard InChI is InChI=1S/C7H17N3O2S/c1-10(2)13(11,12)9-6-7-4-3-5-8-7/h7-9H,3-6H2,1-2H3/t7-/m0/s1. The van der Waals surface area contributed by atoms with E-state index in [1.54, 1.807) is 0 Å². The van der Waals surface area contributed by atoms with Gasteiger partial charge in [0.15, 0.2) is 0 Å². The van der Waals surface area contributed by atoms with Gasteiger partial charge in [0, 0.05) is 26.7 Å². The molecule has 78 valence electrons. The van der Waals surface area contributed by atoms with Gasteiger partial charge in [0.25, 0.3) is 10.2 Å². The predicted molar refractivity (Wildman–Crippen MR) is 51.6 cm³/mol. The van der Waals surface area contributed by atoms with E-state index in [1.165, 1.54) is 18.4 Å². The summed E-state index contributed by atoms with van der Waals surface area (Å²) < 4.78 is 26.3. The van der Waals surface area contributed by atoms with Crippen molar-refractivity contribution in [2.45, 2.75) is 18.9 Å². The van der Waals surface area contributed by atoms with E-state index in [0.29, 0.717) is 12.6 Å². The number of nitrogens with one attached hydrogen (secondary N) is 2. The Hall–Kier alpha value is -0.170. The molecule has 1 heterocycles. The first-order valence-corrected chi connectivity index (χ1v) is 5.87. The lowest BCUT2D eigenvalue weighted by atomic mass is 10.2. The lowest BCUT2D eigenvalue weighted by Gasteiger charge is -2.15. The van der Waals surface area contributed by atoms with Crippen LogP contribution in [0.4, 0.5) is 0 Å². The van der Waals surface area contributed by atoms with Crippen LogP contribution in [0.3, 0.4) is 0 Å². The zero-order chi connectivity index (χ0) is 9.90. The molecule has 0 aromatic carbocycles. The van der Waals surface area contributed by atoms with Gasteiger partial charge in [0.2, 0.25) is 0 Å². The lowest BCUT2D eigenvalue weighted by Crippen LogP contribution is -2.42. The van der Waals surface area contributed by atoms with Crippen molar-refractivity contribution in [2.75, 3.05) is 27.2 Å². The van der Waals surface area contributed by atoms with E-state index < -0.39 is 10.2 Å². The Kier molecular flexibility index (Phi) is 3.66. The molecule has 0 saturated carbocycles. The van der Waals surface area contributed by atoms with Crippen molar-refractivity contribution in [1.29, 1.82) is 0 Å². The largest absolute Gasteiger partial charge is 0.313 e. The maximum Gasteiger partial charge on any atom is 0.278 e. The van der Waals surface area contributed by atoms with E-state index in [-0.39, 0.29) is 0 Å². The van der Waals surface area contributed by atoms with Crippen LogP contribution in [0.5, 0.6) is 0 Å². The van der Waals surface area contributed by atoms with Crippen LogP contribution in [0, 0.1) is 0 Å². The SMILES string of the molecule is CN(C)S(=O)(=O)NC[C@@H]1CCCN1. The molecular weight excluding hydrogens is 190 g/mol. The van der Waals surface area contributed by atoms with Gasteiger partial charge in [-0.25, -0.2) is 4.72 Å². The molecule has 1 aliphatic heterocycles. The Morgan fingerprint density at radius 2 is 2.23 bits per heavy atom. The molecule has 0 aromatic heterocycles. The Morgan fingerprint density at radius 3 is 2.69 bits per heavy atom. The third-order valence-corrected chi connectivity index (χ3v) is 3.65. The summed E-state index contributed by atoms with van der Waals surface area (Å²) in [6, 6.07) is 0.301. The van der Waals surface area contributed by atoms with Gasteiger partial charge in [-0.05, 0) is 19.4 Å². The topological polar surface area (TPSA) is 61.4 Å². The maximum absolute atomic E-state index is 11.3. The summed E-state index contributed by atoms with van der Waals surface area (Å²) in [6.45, 7) is 1.48. The van der Waals surface area contributed by atoms with E-state index in [1.807, 2.05) is 0 Å². The smallest absolute Gasteiger partial charge is 0.278 e. The van der Waals surface area contributed by atoms with Gasteiger partial charge in [-0.1, -0.05) is 0 Å². The fourth-order valence-corrected chi connectivity index (χ4v) is 1.94. The van der Waals surface area contributed by atoms with E-state index in [2.05, 4.69) is 10.0 Å². The molecule has 1 saturated heterocycles. The molecule has 0 unspecified atom stereocenters. The Morgan fingerprint density at radius 1 is 1.54 bits per heavy atom. The highest BCUT2D eigenvalue weighted by molar-refractivity contribution is 7.87. The normalized spacial score (nSPS) is 24.1. The molecule has 0 aliphatic carbocycles. The average Bonchev–Trinajstić information content (AvgIpc) is 2.52. The molecule has 5 nitrogen and oxygen atoms in total. The van der Waals surface area contributed by atoms with Crippen molar-refractivity contribution < 1.29 is 8.42 Å². The van der Waals surface area contributed by atoms with Crippen molar-refractivity contribution >= 4 is 10.2 Å². The van der Waals surface area contributed by atoms with Gasteiger partial charge in [-0.15, -0.1) is 0 Å². The van der Waals surface area contributed by atoms with Crippen LogP contribution in [0.25, 0.3) is 0 Å². The lowest BCUT2D eigenvalue weighted by molar-refractivity contribution is 0.493. The molecule has 0 bridgehead atoms. The van der Waals surface area contributed by atoms with Gasteiger partial charge in [-0.3, -0.25) is 0 Å². The zero-order valence-electron chi connectivity index (χ0n) is 8.08. The Bertz CT molecular complexity index is 244. The molecular formula is C7H17N3O2S.